The lowest BCUT2D eigenvalue weighted by Gasteiger charge is -2.08. The van der Waals surface area contributed by atoms with E-state index in [0.717, 1.165) is 6.42 Å². The Hall–Kier alpha value is -1.67. The third-order valence-corrected chi connectivity index (χ3v) is 4.25. The van der Waals surface area contributed by atoms with Gasteiger partial charge < -0.3 is 4.74 Å². The molecule has 1 N–H and O–H groups in total. The molecule has 0 atom stereocenters. The molecule has 2 aromatic rings. The number of ether oxygens (including phenoxy) is 1. The van der Waals surface area contributed by atoms with Crippen molar-refractivity contribution in [2.24, 2.45) is 0 Å². The van der Waals surface area contributed by atoms with Crippen molar-refractivity contribution in [3.8, 4) is 5.75 Å². The molecule has 0 aliphatic carbocycles. The Balaban J connectivity index is 2.13. The van der Waals surface area contributed by atoms with E-state index in [1.54, 1.807) is 12.1 Å². The number of aromatic nitrogens is 2. The van der Waals surface area contributed by atoms with Crippen molar-refractivity contribution in [3.63, 3.8) is 0 Å². The van der Waals surface area contributed by atoms with E-state index in [1.165, 1.54) is 24.5 Å². The van der Waals surface area contributed by atoms with Crippen LogP contribution in [0.3, 0.4) is 0 Å². The maximum Gasteiger partial charge on any atom is 0.263 e. The predicted molar refractivity (Wildman–Crippen MR) is 82.8 cm³/mol. The second-order valence-electron chi connectivity index (χ2n) is 4.15. The van der Waals surface area contributed by atoms with Gasteiger partial charge >= 0.3 is 0 Å². The largest absolute Gasteiger partial charge is 0.494 e. The number of halogens is 1. The van der Waals surface area contributed by atoms with Crippen molar-refractivity contribution in [2.75, 3.05) is 11.3 Å². The lowest BCUT2D eigenvalue weighted by Crippen LogP contribution is -2.14. The Morgan fingerprint density at radius 3 is 2.48 bits per heavy atom. The van der Waals surface area contributed by atoms with Crippen LogP contribution in [0.5, 0.6) is 5.75 Å². The number of sulfonamides is 1. The smallest absolute Gasteiger partial charge is 0.263 e. The molecule has 0 bridgehead atoms. The van der Waals surface area contributed by atoms with E-state index in [9.17, 15) is 8.42 Å². The molecule has 112 valence electrons. The monoisotopic (exact) mass is 371 g/mol. The third-order valence-electron chi connectivity index (χ3n) is 2.47. The maximum atomic E-state index is 12.2. The first-order valence-corrected chi connectivity index (χ1v) is 8.52. The first kappa shape index (κ1) is 15.7. The van der Waals surface area contributed by atoms with E-state index < -0.39 is 10.0 Å². The van der Waals surface area contributed by atoms with Crippen LogP contribution in [0, 0.1) is 0 Å². The van der Waals surface area contributed by atoms with Crippen LogP contribution < -0.4 is 9.46 Å². The van der Waals surface area contributed by atoms with Gasteiger partial charge in [0, 0.05) is 0 Å². The van der Waals surface area contributed by atoms with Crippen LogP contribution in [0.2, 0.25) is 0 Å². The number of hydrogen-bond acceptors (Lipinski definition) is 5. The van der Waals surface area contributed by atoms with Gasteiger partial charge in [0.15, 0.2) is 5.82 Å². The number of rotatable bonds is 6. The first-order valence-electron chi connectivity index (χ1n) is 6.24. The zero-order valence-corrected chi connectivity index (χ0v) is 13.7. The van der Waals surface area contributed by atoms with Gasteiger partial charge in [-0.1, -0.05) is 6.92 Å². The highest BCUT2D eigenvalue weighted by Gasteiger charge is 2.15. The zero-order valence-electron chi connectivity index (χ0n) is 11.3. The molecular formula is C13H14BrN3O3S. The van der Waals surface area contributed by atoms with Crippen molar-refractivity contribution in [2.45, 2.75) is 18.2 Å². The van der Waals surface area contributed by atoms with Gasteiger partial charge in [-0.05, 0) is 46.6 Å². The van der Waals surface area contributed by atoms with Crippen LogP contribution in [0.25, 0.3) is 0 Å². The Morgan fingerprint density at radius 1 is 1.19 bits per heavy atom. The van der Waals surface area contributed by atoms with Gasteiger partial charge in [0.25, 0.3) is 10.0 Å². The lowest BCUT2D eigenvalue weighted by molar-refractivity contribution is 0.317. The number of benzene rings is 1. The Bertz CT molecular complexity index is 688. The van der Waals surface area contributed by atoms with Gasteiger partial charge in [-0.25, -0.2) is 18.4 Å². The minimum Gasteiger partial charge on any atom is -0.494 e. The average Bonchev–Trinajstić information content (AvgIpc) is 2.48. The summed E-state index contributed by atoms with van der Waals surface area (Å²) >= 11 is 3.13. The second-order valence-corrected chi connectivity index (χ2v) is 6.64. The summed E-state index contributed by atoms with van der Waals surface area (Å²) in [7, 11) is -3.69. The molecule has 21 heavy (non-hydrogen) atoms. The minimum atomic E-state index is -3.69. The van der Waals surface area contributed by atoms with Crippen molar-refractivity contribution >= 4 is 31.8 Å². The molecule has 2 rings (SSSR count). The van der Waals surface area contributed by atoms with Gasteiger partial charge in [-0.3, -0.25) is 4.72 Å². The minimum absolute atomic E-state index is 0.135. The molecule has 1 aromatic carbocycles. The molecule has 0 unspecified atom stereocenters. The second kappa shape index (κ2) is 6.86. The molecule has 0 amide bonds. The molecule has 0 saturated heterocycles. The van der Waals surface area contributed by atoms with Gasteiger partial charge in [0.1, 0.15) is 10.4 Å². The predicted octanol–water partition coefficient (Wildman–Crippen LogP) is 2.83. The first-order chi connectivity index (χ1) is 10.0. The summed E-state index contributed by atoms with van der Waals surface area (Å²) < 4.78 is 32.7. The van der Waals surface area contributed by atoms with E-state index in [1.807, 2.05) is 6.92 Å². The number of nitrogens with one attached hydrogen (secondary N) is 1. The van der Waals surface area contributed by atoms with Crippen LogP contribution in [-0.4, -0.2) is 25.0 Å². The fourth-order valence-corrected chi connectivity index (χ4v) is 2.69. The molecule has 6 nitrogen and oxygen atoms in total. The maximum absolute atomic E-state index is 12.2. The molecule has 1 heterocycles. The third kappa shape index (κ3) is 4.40. The van der Waals surface area contributed by atoms with Gasteiger partial charge in [0.05, 0.1) is 23.9 Å². The lowest BCUT2D eigenvalue weighted by atomic mass is 10.3. The average molecular weight is 372 g/mol. The number of nitrogens with zero attached hydrogens (tertiary/aromatic N) is 2. The summed E-state index contributed by atoms with van der Waals surface area (Å²) in [6.45, 7) is 2.60. The molecule has 0 saturated carbocycles. The fourth-order valence-electron chi connectivity index (χ4n) is 1.50. The van der Waals surface area contributed by atoms with E-state index in [0.29, 0.717) is 17.0 Å². The number of hydrogen-bond donors (Lipinski definition) is 1. The van der Waals surface area contributed by atoms with Crippen LogP contribution in [0.1, 0.15) is 13.3 Å². The normalized spacial score (nSPS) is 11.1. The molecule has 0 fully saturated rings. The van der Waals surface area contributed by atoms with Crippen molar-refractivity contribution in [3.05, 3.63) is 41.3 Å². The van der Waals surface area contributed by atoms with Crippen LogP contribution >= 0.6 is 15.9 Å². The Kier molecular flexibility index (Phi) is 5.13. The van der Waals surface area contributed by atoms with Crippen molar-refractivity contribution < 1.29 is 13.2 Å². The summed E-state index contributed by atoms with van der Waals surface area (Å²) in [5.74, 6) is 0.795. The van der Waals surface area contributed by atoms with Crippen LogP contribution in [-0.2, 0) is 10.0 Å². The molecule has 1 aromatic heterocycles. The molecule has 8 heteroatoms. The van der Waals surface area contributed by atoms with E-state index >= 15 is 0 Å². The summed E-state index contributed by atoms with van der Waals surface area (Å²) in [5.41, 5.74) is 0. The van der Waals surface area contributed by atoms with Gasteiger partial charge in [-0.2, -0.15) is 0 Å². The standard InChI is InChI=1S/C13H14BrN3O3S/c1-2-7-20-10-3-5-11(6-4-10)21(18,19)17-13-9-15-12(14)8-16-13/h3-6,8-9H,2,7H2,1H3,(H,16,17). The molecule has 0 aliphatic heterocycles. The fraction of sp³-hybridized carbons (Fsp3) is 0.231. The molecule has 0 radical (unpaired) electrons. The van der Waals surface area contributed by atoms with Crippen molar-refractivity contribution in [1.82, 2.24) is 9.97 Å². The van der Waals surface area contributed by atoms with Crippen LogP contribution in [0.15, 0.2) is 46.2 Å². The number of anilines is 1. The van der Waals surface area contributed by atoms with Crippen LogP contribution in [0.4, 0.5) is 5.82 Å². The van der Waals surface area contributed by atoms with E-state index in [-0.39, 0.29) is 10.7 Å². The molecule has 0 spiro atoms. The quantitative estimate of drug-likeness (QED) is 0.843. The van der Waals surface area contributed by atoms with E-state index in [4.69, 9.17) is 4.74 Å². The Morgan fingerprint density at radius 2 is 1.90 bits per heavy atom. The van der Waals surface area contributed by atoms with Crippen molar-refractivity contribution in [1.29, 1.82) is 0 Å². The zero-order chi connectivity index (χ0) is 15.3. The SMILES string of the molecule is CCCOc1ccc(S(=O)(=O)Nc2cnc(Br)cn2)cc1. The molecule has 0 aliphatic rings. The van der Waals surface area contributed by atoms with E-state index in [2.05, 4.69) is 30.6 Å². The summed E-state index contributed by atoms with van der Waals surface area (Å²) in [5, 5.41) is 0. The highest BCUT2D eigenvalue weighted by molar-refractivity contribution is 9.10. The molecular weight excluding hydrogens is 358 g/mol. The topological polar surface area (TPSA) is 81.2 Å². The summed E-state index contributed by atoms with van der Waals surface area (Å²) in [4.78, 5) is 7.97. The summed E-state index contributed by atoms with van der Waals surface area (Å²) in [6, 6.07) is 6.22. The highest BCUT2D eigenvalue weighted by Crippen LogP contribution is 2.18. The highest BCUT2D eigenvalue weighted by atomic mass is 79.9. The van der Waals surface area contributed by atoms with Gasteiger partial charge in [-0.15, -0.1) is 0 Å². The summed E-state index contributed by atoms with van der Waals surface area (Å²) in [6.07, 6.45) is 3.64. The Labute approximate surface area is 131 Å². The van der Waals surface area contributed by atoms with Gasteiger partial charge in [0.2, 0.25) is 0 Å².